The highest BCUT2D eigenvalue weighted by Crippen LogP contribution is 2.33. The van der Waals surface area contributed by atoms with Gasteiger partial charge in [0.25, 0.3) is 0 Å². The van der Waals surface area contributed by atoms with E-state index in [-0.39, 0.29) is 12.1 Å². The molecule has 23 heavy (non-hydrogen) atoms. The van der Waals surface area contributed by atoms with Crippen LogP contribution in [0.25, 0.3) is 11.4 Å². The minimum atomic E-state index is -4.37. The van der Waals surface area contributed by atoms with Crippen molar-refractivity contribution in [2.24, 2.45) is 0 Å². The van der Waals surface area contributed by atoms with Gasteiger partial charge in [-0.3, -0.25) is 0 Å². The Morgan fingerprint density at radius 2 is 1.70 bits per heavy atom. The maximum Gasteiger partial charge on any atom is 0.416 e. The van der Waals surface area contributed by atoms with E-state index in [0.717, 1.165) is 16.1 Å². The zero-order chi connectivity index (χ0) is 16.4. The molecule has 0 aliphatic carbocycles. The summed E-state index contributed by atoms with van der Waals surface area (Å²) in [4.78, 5) is 4.29. The topological polar surface area (TPSA) is 17.8 Å². The van der Waals surface area contributed by atoms with E-state index in [1.807, 2.05) is 24.3 Å². The maximum absolute atomic E-state index is 13.1. The molecule has 0 saturated heterocycles. The largest absolute Gasteiger partial charge is 0.416 e. The number of halogens is 4. The Kier molecular flexibility index (Phi) is 4.26. The minimum absolute atomic E-state index is 0.104. The third-order valence-corrected chi connectivity index (χ3v) is 4.19. The Balaban J connectivity index is 2.01. The highest BCUT2D eigenvalue weighted by atomic mass is 79.9. The predicted octanol–water partition coefficient (Wildman–Crippen LogP) is 5.38. The first-order valence-electron chi connectivity index (χ1n) is 6.88. The summed E-state index contributed by atoms with van der Waals surface area (Å²) in [6, 6.07) is 13.1. The van der Waals surface area contributed by atoms with Gasteiger partial charge in [0.05, 0.1) is 5.56 Å². The first kappa shape index (κ1) is 15.8. The average molecular weight is 381 g/mol. The van der Waals surface area contributed by atoms with Crippen molar-refractivity contribution in [1.82, 2.24) is 9.55 Å². The molecule has 0 fully saturated rings. The zero-order valence-corrected chi connectivity index (χ0v) is 13.5. The average Bonchev–Trinajstić information content (AvgIpc) is 2.95. The molecule has 3 rings (SSSR count). The third kappa shape index (κ3) is 3.32. The molecule has 0 aliphatic heterocycles. The van der Waals surface area contributed by atoms with Gasteiger partial charge in [-0.2, -0.15) is 13.2 Å². The molecular formula is C17H12BrF3N2. The number of aromatic nitrogens is 2. The van der Waals surface area contributed by atoms with E-state index in [4.69, 9.17) is 0 Å². The number of rotatable bonds is 3. The standard InChI is InChI=1S/C17H12BrF3N2/c18-15-8-4-2-6-13(15)16-22-9-10-23(16)11-12-5-1-3-7-14(12)17(19,20)21/h1-10H,11H2. The third-order valence-electron chi connectivity index (χ3n) is 3.49. The highest BCUT2D eigenvalue weighted by molar-refractivity contribution is 9.10. The SMILES string of the molecule is FC(F)(F)c1ccccc1Cn1ccnc1-c1ccccc1Br. The van der Waals surface area contributed by atoms with Crippen LogP contribution in [0.5, 0.6) is 0 Å². The van der Waals surface area contributed by atoms with Crippen LogP contribution in [0.1, 0.15) is 11.1 Å². The molecular weight excluding hydrogens is 369 g/mol. The van der Waals surface area contributed by atoms with E-state index in [1.54, 1.807) is 23.0 Å². The van der Waals surface area contributed by atoms with Crippen molar-refractivity contribution in [3.63, 3.8) is 0 Å². The van der Waals surface area contributed by atoms with E-state index >= 15 is 0 Å². The molecule has 0 amide bonds. The summed E-state index contributed by atoms with van der Waals surface area (Å²) in [6.45, 7) is 0.104. The van der Waals surface area contributed by atoms with Gasteiger partial charge in [-0.15, -0.1) is 0 Å². The molecule has 0 bridgehead atoms. The van der Waals surface area contributed by atoms with Crippen LogP contribution in [0.15, 0.2) is 65.4 Å². The van der Waals surface area contributed by atoms with E-state index < -0.39 is 11.7 Å². The van der Waals surface area contributed by atoms with Gasteiger partial charge in [0.1, 0.15) is 5.82 Å². The second-order valence-corrected chi connectivity index (χ2v) is 5.87. The molecule has 0 spiro atoms. The van der Waals surface area contributed by atoms with Gasteiger partial charge < -0.3 is 4.57 Å². The molecule has 0 unspecified atom stereocenters. The first-order chi connectivity index (χ1) is 11.0. The fourth-order valence-electron chi connectivity index (χ4n) is 2.44. The molecule has 0 atom stereocenters. The molecule has 118 valence electrons. The smallest absolute Gasteiger partial charge is 0.327 e. The monoisotopic (exact) mass is 380 g/mol. The van der Waals surface area contributed by atoms with Gasteiger partial charge in [-0.25, -0.2) is 4.98 Å². The van der Waals surface area contributed by atoms with Gasteiger partial charge in [-0.1, -0.05) is 52.3 Å². The van der Waals surface area contributed by atoms with Crippen molar-refractivity contribution in [2.45, 2.75) is 12.7 Å². The number of nitrogens with zero attached hydrogens (tertiary/aromatic N) is 2. The lowest BCUT2D eigenvalue weighted by Crippen LogP contribution is -2.12. The molecule has 2 nitrogen and oxygen atoms in total. The Morgan fingerprint density at radius 1 is 1.00 bits per heavy atom. The van der Waals surface area contributed by atoms with Crippen LogP contribution in [-0.2, 0) is 12.7 Å². The van der Waals surface area contributed by atoms with Crippen molar-refractivity contribution in [2.75, 3.05) is 0 Å². The van der Waals surface area contributed by atoms with Crippen LogP contribution >= 0.6 is 15.9 Å². The molecule has 3 aromatic rings. The van der Waals surface area contributed by atoms with Crippen LogP contribution in [0, 0.1) is 0 Å². The second-order valence-electron chi connectivity index (χ2n) is 5.01. The van der Waals surface area contributed by atoms with Crippen molar-refractivity contribution in [1.29, 1.82) is 0 Å². The fraction of sp³-hybridized carbons (Fsp3) is 0.118. The van der Waals surface area contributed by atoms with Crippen LogP contribution in [0.4, 0.5) is 13.2 Å². The van der Waals surface area contributed by atoms with Gasteiger partial charge in [-0.05, 0) is 17.7 Å². The molecule has 1 aromatic heterocycles. The van der Waals surface area contributed by atoms with E-state index in [2.05, 4.69) is 20.9 Å². The molecule has 2 aromatic carbocycles. The summed E-state index contributed by atoms with van der Waals surface area (Å²) in [5.74, 6) is 0.620. The maximum atomic E-state index is 13.1. The van der Waals surface area contributed by atoms with Crippen molar-refractivity contribution in [3.05, 3.63) is 76.5 Å². The van der Waals surface area contributed by atoms with E-state index in [0.29, 0.717) is 5.82 Å². The number of alkyl halides is 3. The minimum Gasteiger partial charge on any atom is -0.327 e. The van der Waals surface area contributed by atoms with Crippen LogP contribution in [0.3, 0.4) is 0 Å². The van der Waals surface area contributed by atoms with Gasteiger partial charge in [0.2, 0.25) is 0 Å². The first-order valence-corrected chi connectivity index (χ1v) is 7.67. The second kappa shape index (κ2) is 6.20. The Labute approximate surface area is 139 Å². The number of imidazole rings is 1. The summed E-state index contributed by atoms with van der Waals surface area (Å²) < 4.78 is 42.0. The molecule has 0 saturated carbocycles. The lowest BCUT2D eigenvalue weighted by molar-refractivity contribution is -0.138. The molecule has 0 radical (unpaired) electrons. The van der Waals surface area contributed by atoms with Gasteiger partial charge >= 0.3 is 6.18 Å². The summed E-state index contributed by atoms with van der Waals surface area (Å²) in [6.07, 6.45) is -1.10. The van der Waals surface area contributed by atoms with E-state index in [9.17, 15) is 13.2 Å². The van der Waals surface area contributed by atoms with E-state index in [1.165, 1.54) is 12.1 Å². The lowest BCUT2D eigenvalue weighted by Gasteiger charge is -2.15. The number of benzene rings is 2. The van der Waals surface area contributed by atoms with Crippen LogP contribution < -0.4 is 0 Å². The lowest BCUT2D eigenvalue weighted by atomic mass is 10.1. The Hall–Kier alpha value is -2.08. The zero-order valence-electron chi connectivity index (χ0n) is 11.9. The fourth-order valence-corrected chi connectivity index (χ4v) is 2.90. The Morgan fingerprint density at radius 3 is 2.43 bits per heavy atom. The molecule has 0 N–H and O–H groups in total. The normalized spacial score (nSPS) is 11.7. The summed E-state index contributed by atoms with van der Waals surface area (Å²) in [7, 11) is 0. The summed E-state index contributed by atoms with van der Waals surface area (Å²) in [5.41, 5.74) is 0.431. The van der Waals surface area contributed by atoms with Crippen molar-refractivity contribution < 1.29 is 13.2 Å². The number of hydrogen-bond donors (Lipinski definition) is 0. The quantitative estimate of drug-likeness (QED) is 0.596. The van der Waals surface area contributed by atoms with Crippen LogP contribution in [-0.4, -0.2) is 9.55 Å². The van der Waals surface area contributed by atoms with Gasteiger partial charge in [0.15, 0.2) is 0 Å². The van der Waals surface area contributed by atoms with Crippen molar-refractivity contribution >= 4 is 15.9 Å². The van der Waals surface area contributed by atoms with Crippen molar-refractivity contribution in [3.8, 4) is 11.4 Å². The number of hydrogen-bond acceptors (Lipinski definition) is 1. The molecule has 1 heterocycles. The summed E-state index contributed by atoms with van der Waals surface area (Å²) >= 11 is 3.45. The molecule has 0 aliphatic rings. The van der Waals surface area contributed by atoms with Gasteiger partial charge in [0, 0.05) is 29.0 Å². The summed E-state index contributed by atoms with van der Waals surface area (Å²) in [5, 5.41) is 0. The van der Waals surface area contributed by atoms with Crippen LogP contribution in [0.2, 0.25) is 0 Å². The molecule has 6 heteroatoms. The predicted molar refractivity (Wildman–Crippen MR) is 85.9 cm³/mol. The highest BCUT2D eigenvalue weighted by Gasteiger charge is 2.33. The Bertz CT molecular complexity index is 824.